The summed E-state index contributed by atoms with van der Waals surface area (Å²) in [6, 6.07) is 22.6. The number of fused-ring (bicyclic) bond motifs is 2. The standard InChI is InChI=1S/C26H19N3OS/c30-25-26(16-18-8-12-27-13-9-18,17-19-10-14-28-15-11-19)20-4-3-7-23-24(20)29(25)21-5-1-2-6-22(21)31-23/h1-15H,16-17H2. The SMILES string of the molecule is O=C1N2c3ccccc3Sc3cccc(c32)C1(Cc1ccncc1)Cc1ccncc1. The van der Waals surface area contributed by atoms with Crippen molar-refractivity contribution in [3.05, 3.63) is 108 Å². The van der Waals surface area contributed by atoms with Gasteiger partial charge in [0.15, 0.2) is 0 Å². The number of aromatic nitrogens is 2. The van der Waals surface area contributed by atoms with Crippen LogP contribution in [0.2, 0.25) is 0 Å². The van der Waals surface area contributed by atoms with Gasteiger partial charge in [0, 0.05) is 34.6 Å². The predicted molar refractivity (Wildman–Crippen MR) is 122 cm³/mol. The number of para-hydroxylation sites is 2. The van der Waals surface area contributed by atoms with E-state index in [1.54, 1.807) is 36.5 Å². The summed E-state index contributed by atoms with van der Waals surface area (Å²) < 4.78 is 0. The smallest absolute Gasteiger partial charge is 0.243 e. The number of rotatable bonds is 4. The van der Waals surface area contributed by atoms with Crippen LogP contribution < -0.4 is 4.90 Å². The third-order valence-electron chi connectivity index (χ3n) is 6.19. The zero-order valence-corrected chi connectivity index (χ0v) is 17.5. The van der Waals surface area contributed by atoms with Crippen LogP contribution in [-0.2, 0) is 23.1 Å². The monoisotopic (exact) mass is 421 g/mol. The molecular formula is C26H19N3OS. The maximum atomic E-state index is 14.4. The molecule has 31 heavy (non-hydrogen) atoms. The highest BCUT2D eigenvalue weighted by atomic mass is 32.2. The maximum Gasteiger partial charge on any atom is 0.243 e. The lowest BCUT2D eigenvalue weighted by atomic mass is 9.72. The third-order valence-corrected chi connectivity index (χ3v) is 7.30. The molecule has 4 aromatic rings. The van der Waals surface area contributed by atoms with Gasteiger partial charge in [0.05, 0.1) is 16.8 Å². The van der Waals surface area contributed by atoms with Crippen molar-refractivity contribution in [1.82, 2.24) is 9.97 Å². The van der Waals surface area contributed by atoms with Gasteiger partial charge in [-0.1, -0.05) is 36.0 Å². The minimum absolute atomic E-state index is 0.135. The van der Waals surface area contributed by atoms with E-state index in [2.05, 4.69) is 40.3 Å². The Morgan fingerprint density at radius 3 is 2.03 bits per heavy atom. The summed E-state index contributed by atoms with van der Waals surface area (Å²) in [6.07, 6.45) is 8.44. The fourth-order valence-corrected chi connectivity index (χ4v) is 5.92. The number of benzene rings is 2. The van der Waals surface area contributed by atoms with Crippen molar-refractivity contribution in [2.75, 3.05) is 4.90 Å². The highest BCUT2D eigenvalue weighted by Gasteiger charge is 2.53. The van der Waals surface area contributed by atoms with E-state index in [0.29, 0.717) is 12.8 Å². The number of hydrogen-bond acceptors (Lipinski definition) is 4. The van der Waals surface area contributed by atoms with Crippen LogP contribution in [0.15, 0.2) is 101 Å². The summed E-state index contributed by atoms with van der Waals surface area (Å²) in [7, 11) is 0. The van der Waals surface area contributed by atoms with Crippen molar-refractivity contribution in [2.24, 2.45) is 0 Å². The van der Waals surface area contributed by atoms with Crippen molar-refractivity contribution in [2.45, 2.75) is 28.0 Å². The largest absolute Gasteiger partial charge is 0.278 e. The first kappa shape index (κ1) is 18.3. The van der Waals surface area contributed by atoms with Gasteiger partial charge in [-0.3, -0.25) is 19.7 Å². The second kappa shape index (κ2) is 7.06. The molecule has 0 saturated heterocycles. The van der Waals surface area contributed by atoms with Crippen molar-refractivity contribution in [3.63, 3.8) is 0 Å². The summed E-state index contributed by atoms with van der Waals surface area (Å²) in [4.78, 5) is 26.9. The van der Waals surface area contributed by atoms with E-state index in [4.69, 9.17) is 0 Å². The topological polar surface area (TPSA) is 46.1 Å². The number of carbonyl (C=O) groups excluding carboxylic acids is 1. The van der Waals surface area contributed by atoms with Crippen LogP contribution in [0.3, 0.4) is 0 Å². The normalized spacial score (nSPS) is 15.5. The molecule has 150 valence electrons. The molecule has 2 aromatic heterocycles. The number of hydrogen-bond donors (Lipinski definition) is 0. The summed E-state index contributed by atoms with van der Waals surface area (Å²) in [6.45, 7) is 0. The molecule has 0 fully saturated rings. The minimum atomic E-state index is -0.688. The van der Waals surface area contributed by atoms with E-state index < -0.39 is 5.41 Å². The minimum Gasteiger partial charge on any atom is -0.278 e. The third kappa shape index (κ3) is 2.81. The highest BCUT2D eigenvalue weighted by Crippen LogP contribution is 2.58. The van der Waals surface area contributed by atoms with Crippen LogP contribution in [0.1, 0.15) is 16.7 Å². The van der Waals surface area contributed by atoms with Crippen LogP contribution in [0.25, 0.3) is 0 Å². The van der Waals surface area contributed by atoms with E-state index in [1.807, 2.05) is 41.3 Å². The van der Waals surface area contributed by atoms with E-state index in [1.165, 1.54) is 0 Å². The van der Waals surface area contributed by atoms with Crippen molar-refractivity contribution in [3.8, 4) is 0 Å². The summed E-state index contributed by atoms with van der Waals surface area (Å²) in [5, 5.41) is 0. The first-order valence-corrected chi connectivity index (χ1v) is 11.1. The summed E-state index contributed by atoms with van der Waals surface area (Å²) in [5.74, 6) is 0.135. The lowest BCUT2D eigenvalue weighted by Gasteiger charge is -2.30. The van der Waals surface area contributed by atoms with Gasteiger partial charge in [-0.2, -0.15) is 0 Å². The maximum absolute atomic E-state index is 14.4. The molecule has 0 N–H and O–H groups in total. The molecular weight excluding hydrogens is 402 g/mol. The van der Waals surface area contributed by atoms with Crippen molar-refractivity contribution < 1.29 is 4.79 Å². The van der Waals surface area contributed by atoms with E-state index in [0.717, 1.165) is 37.9 Å². The van der Waals surface area contributed by atoms with E-state index in [-0.39, 0.29) is 5.91 Å². The molecule has 2 aromatic carbocycles. The summed E-state index contributed by atoms with van der Waals surface area (Å²) >= 11 is 1.74. The average Bonchev–Trinajstić information content (AvgIpc) is 3.05. The quantitative estimate of drug-likeness (QED) is 0.446. The number of anilines is 2. The Balaban J connectivity index is 1.58. The predicted octanol–water partition coefficient (Wildman–Crippen LogP) is 5.34. The average molecular weight is 422 g/mol. The molecule has 0 spiro atoms. The van der Waals surface area contributed by atoms with Crippen LogP contribution >= 0.6 is 11.8 Å². The Hall–Kier alpha value is -3.44. The van der Waals surface area contributed by atoms with Gasteiger partial charge < -0.3 is 0 Å². The van der Waals surface area contributed by atoms with Crippen molar-refractivity contribution >= 4 is 29.0 Å². The Bertz CT molecular complexity index is 1250. The van der Waals surface area contributed by atoms with Gasteiger partial charge in [0.25, 0.3) is 0 Å². The molecule has 2 aliphatic rings. The fraction of sp³-hybridized carbons (Fsp3) is 0.115. The summed E-state index contributed by atoms with van der Waals surface area (Å²) in [5.41, 5.74) is 4.65. The first-order chi connectivity index (χ1) is 15.3. The molecule has 0 aliphatic carbocycles. The van der Waals surface area contributed by atoms with Gasteiger partial charge >= 0.3 is 0 Å². The molecule has 0 bridgehead atoms. The van der Waals surface area contributed by atoms with Crippen LogP contribution in [0.4, 0.5) is 11.4 Å². The van der Waals surface area contributed by atoms with Gasteiger partial charge in [0.2, 0.25) is 5.91 Å². The molecule has 1 amide bonds. The van der Waals surface area contributed by atoms with Crippen molar-refractivity contribution in [1.29, 1.82) is 0 Å². The lowest BCUT2D eigenvalue weighted by molar-refractivity contribution is -0.122. The zero-order valence-electron chi connectivity index (χ0n) is 16.7. The molecule has 0 unspecified atom stereocenters. The molecule has 0 atom stereocenters. The van der Waals surface area contributed by atoms with Gasteiger partial charge in [-0.05, 0) is 72.0 Å². The number of carbonyl (C=O) groups is 1. The van der Waals surface area contributed by atoms with E-state index >= 15 is 0 Å². The Kier molecular flexibility index (Phi) is 4.18. The molecule has 4 nitrogen and oxygen atoms in total. The van der Waals surface area contributed by atoms with Crippen LogP contribution in [-0.4, -0.2) is 15.9 Å². The lowest BCUT2D eigenvalue weighted by Crippen LogP contribution is -2.42. The fourth-order valence-electron chi connectivity index (χ4n) is 4.83. The first-order valence-electron chi connectivity index (χ1n) is 10.3. The van der Waals surface area contributed by atoms with Gasteiger partial charge in [0.1, 0.15) is 0 Å². The number of nitrogens with zero attached hydrogens (tertiary/aromatic N) is 3. The number of amides is 1. The van der Waals surface area contributed by atoms with Gasteiger partial charge in [-0.25, -0.2) is 0 Å². The Morgan fingerprint density at radius 2 is 1.35 bits per heavy atom. The van der Waals surface area contributed by atoms with E-state index in [9.17, 15) is 4.79 Å². The Morgan fingerprint density at radius 1 is 0.742 bits per heavy atom. The second-order valence-electron chi connectivity index (χ2n) is 8.01. The molecule has 6 rings (SSSR count). The molecule has 5 heteroatoms. The second-order valence-corrected chi connectivity index (χ2v) is 9.09. The Labute approximate surface area is 185 Å². The molecule has 0 radical (unpaired) electrons. The molecule has 0 saturated carbocycles. The zero-order chi connectivity index (χ0) is 20.8. The van der Waals surface area contributed by atoms with Gasteiger partial charge in [-0.15, -0.1) is 0 Å². The molecule has 2 aliphatic heterocycles. The van der Waals surface area contributed by atoms with Crippen LogP contribution in [0, 0.1) is 0 Å². The highest BCUT2D eigenvalue weighted by molar-refractivity contribution is 7.99. The molecule has 4 heterocycles. The van der Waals surface area contributed by atoms with Crippen LogP contribution in [0.5, 0.6) is 0 Å². The number of pyridine rings is 2.